The normalized spacial score (nSPS) is 8.90. The molecule has 0 saturated carbocycles. The first-order chi connectivity index (χ1) is 4.84. The minimum Gasteiger partial charge on any atom is -0.355 e. The van der Waals surface area contributed by atoms with Gasteiger partial charge in [-0.2, -0.15) is 10.2 Å². The molecule has 0 aromatic carbocycles. The Morgan fingerprint density at radius 3 is 2.90 bits per heavy atom. The third kappa shape index (κ3) is 1.28. The van der Waals surface area contributed by atoms with Gasteiger partial charge in [0, 0.05) is 7.05 Å². The summed E-state index contributed by atoms with van der Waals surface area (Å²) in [6, 6.07) is 1.60. The predicted molar refractivity (Wildman–Crippen MR) is 35.4 cm³/mol. The van der Waals surface area contributed by atoms with Gasteiger partial charge in [0.2, 0.25) is 0 Å². The molecule has 0 radical (unpaired) electrons. The molecule has 1 aromatic heterocycles. The van der Waals surface area contributed by atoms with Gasteiger partial charge < -0.3 is 5.32 Å². The fourth-order valence-electron chi connectivity index (χ4n) is 0.569. The highest BCUT2D eigenvalue weighted by molar-refractivity contribution is 5.93. The van der Waals surface area contributed by atoms with Gasteiger partial charge in [-0.1, -0.05) is 0 Å². The van der Waals surface area contributed by atoms with Crippen LogP contribution in [0.2, 0.25) is 0 Å². The lowest BCUT2D eigenvalue weighted by Crippen LogP contribution is -2.17. The van der Waals surface area contributed by atoms with Crippen molar-refractivity contribution in [1.82, 2.24) is 15.5 Å². The van der Waals surface area contributed by atoms with E-state index in [1.807, 2.05) is 0 Å². The van der Waals surface area contributed by atoms with Crippen LogP contribution in [0, 0.1) is 0 Å². The van der Waals surface area contributed by atoms with Crippen LogP contribution in [0.3, 0.4) is 0 Å². The third-order valence-corrected chi connectivity index (χ3v) is 1.07. The Morgan fingerprint density at radius 2 is 2.40 bits per heavy atom. The van der Waals surface area contributed by atoms with E-state index in [4.69, 9.17) is 0 Å². The smallest absolute Gasteiger partial charge is 0.252 e. The van der Waals surface area contributed by atoms with Crippen LogP contribution < -0.4 is 5.32 Å². The van der Waals surface area contributed by atoms with Crippen molar-refractivity contribution in [1.29, 1.82) is 0 Å². The summed E-state index contributed by atoms with van der Waals surface area (Å²) in [7, 11) is 1.57. The van der Waals surface area contributed by atoms with Crippen molar-refractivity contribution in [2.45, 2.75) is 0 Å². The van der Waals surface area contributed by atoms with Crippen molar-refractivity contribution in [3.8, 4) is 0 Å². The van der Waals surface area contributed by atoms with Crippen molar-refractivity contribution in [2.24, 2.45) is 0 Å². The van der Waals surface area contributed by atoms with Crippen molar-refractivity contribution < 1.29 is 4.79 Å². The maximum Gasteiger partial charge on any atom is 0.252 e. The summed E-state index contributed by atoms with van der Waals surface area (Å²) in [5.74, 6) is -0.144. The van der Waals surface area contributed by atoms with E-state index in [0.29, 0.717) is 5.56 Å². The zero-order valence-corrected chi connectivity index (χ0v) is 5.53. The Hall–Kier alpha value is -1.45. The first-order valence-corrected chi connectivity index (χ1v) is 2.83. The maximum atomic E-state index is 10.8. The molecule has 1 aromatic rings. The number of hydrogen-bond donors (Lipinski definition) is 1. The summed E-state index contributed by atoms with van der Waals surface area (Å²) in [4.78, 5) is 10.8. The summed E-state index contributed by atoms with van der Waals surface area (Å²) < 4.78 is 0. The van der Waals surface area contributed by atoms with Gasteiger partial charge in [-0.25, -0.2) is 0 Å². The zero-order valence-electron chi connectivity index (χ0n) is 5.53. The monoisotopic (exact) mass is 137 g/mol. The highest BCUT2D eigenvalue weighted by atomic mass is 16.1. The van der Waals surface area contributed by atoms with E-state index in [1.54, 1.807) is 13.1 Å². The maximum absolute atomic E-state index is 10.8. The van der Waals surface area contributed by atoms with Crippen LogP contribution in [0.1, 0.15) is 10.4 Å². The number of nitrogens with zero attached hydrogens (tertiary/aromatic N) is 2. The SMILES string of the molecule is CNC(=O)c1ccnnc1. The molecule has 0 bridgehead atoms. The lowest BCUT2D eigenvalue weighted by Gasteiger charge is -1.94. The number of rotatable bonds is 1. The Labute approximate surface area is 58.3 Å². The minimum absolute atomic E-state index is 0.144. The molecule has 0 aliphatic rings. The highest BCUT2D eigenvalue weighted by Gasteiger charge is 1.99. The summed E-state index contributed by atoms with van der Waals surface area (Å²) in [5, 5.41) is 9.55. The van der Waals surface area contributed by atoms with Crippen LogP contribution in [0.15, 0.2) is 18.5 Å². The van der Waals surface area contributed by atoms with E-state index < -0.39 is 0 Å². The summed E-state index contributed by atoms with van der Waals surface area (Å²) in [5.41, 5.74) is 0.525. The van der Waals surface area contributed by atoms with Crippen molar-refractivity contribution in [3.05, 3.63) is 24.0 Å². The molecule has 0 fully saturated rings. The summed E-state index contributed by atoms with van der Waals surface area (Å²) in [6.45, 7) is 0. The molecule has 4 nitrogen and oxygen atoms in total. The van der Waals surface area contributed by atoms with E-state index in [1.165, 1.54) is 12.4 Å². The zero-order chi connectivity index (χ0) is 7.40. The van der Waals surface area contributed by atoms with Crippen LogP contribution in [0.25, 0.3) is 0 Å². The Balaban J connectivity index is 2.85. The Kier molecular flexibility index (Phi) is 1.94. The Morgan fingerprint density at radius 1 is 1.60 bits per heavy atom. The van der Waals surface area contributed by atoms with Crippen molar-refractivity contribution in [3.63, 3.8) is 0 Å². The van der Waals surface area contributed by atoms with E-state index >= 15 is 0 Å². The molecule has 0 unspecified atom stereocenters. The van der Waals surface area contributed by atoms with Crippen LogP contribution in [0.4, 0.5) is 0 Å². The van der Waals surface area contributed by atoms with E-state index in [-0.39, 0.29) is 5.91 Å². The molecule has 0 aliphatic carbocycles. The van der Waals surface area contributed by atoms with E-state index in [0.717, 1.165) is 0 Å². The van der Waals surface area contributed by atoms with Gasteiger partial charge >= 0.3 is 0 Å². The molecule has 0 atom stereocenters. The van der Waals surface area contributed by atoms with Gasteiger partial charge in [0.1, 0.15) is 0 Å². The van der Waals surface area contributed by atoms with Crippen LogP contribution in [0.5, 0.6) is 0 Å². The number of aromatic nitrogens is 2. The van der Waals surface area contributed by atoms with Gasteiger partial charge in [-0.15, -0.1) is 0 Å². The lowest BCUT2D eigenvalue weighted by molar-refractivity contribution is 0.0962. The van der Waals surface area contributed by atoms with E-state index in [9.17, 15) is 4.79 Å². The average Bonchev–Trinajstić information content (AvgIpc) is 2.05. The predicted octanol–water partition coefficient (Wildman–Crippen LogP) is -0.164. The molecule has 0 saturated heterocycles. The quantitative estimate of drug-likeness (QED) is 0.585. The largest absolute Gasteiger partial charge is 0.355 e. The second kappa shape index (κ2) is 2.91. The van der Waals surface area contributed by atoms with E-state index in [2.05, 4.69) is 15.5 Å². The molecule has 1 N–H and O–H groups in total. The Bertz CT molecular complexity index is 222. The molecule has 1 rings (SSSR count). The van der Waals surface area contributed by atoms with Crippen LogP contribution >= 0.6 is 0 Å². The number of carbonyl (C=O) groups excluding carboxylic acids is 1. The van der Waals surface area contributed by atoms with Gasteiger partial charge in [-0.05, 0) is 6.07 Å². The molecule has 1 heterocycles. The minimum atomic E-state index is -0.144. The molecule has 10 heavy (non-hydrogen) atoms. The van der Waals surface area contributed by atoms with Crippen molar-refractivity contribution >= 4 is 5.91 Å². The number of amides is 1. The molecule has 0 spiro atoms. The third-order valence-electron chi connectivity index (χ3n) is 1.07. The first kappa shape index (κ1) is 6.67. The van der Waals surface area contributed by atoms with Crippen molar-refractivity contribution in [2.75, 3.05) is 7.05 Å². The fraction of sp³-hybridized carbons (Fsp3) is 0.167. The van der Waals surface area contributed by atoms with Crippen LogP contribution in [-0.4, -0.2) is 23.2 Å². The highest BCUT2D eigenvalue weighted by Crippen LogP contribution is 1.91. The fourth-order valence-corrected chi connectivity index (χ4v) is 0.569. The molecular formula is C6H7N3O. The van der Waals surface area contributed by atoms with Gasteiger partial charge in [0.25, 0.3) is 5.91 Å². The first-order valence-electron chi connectivity index (χ1n) is 2.83. The molecule has 4 heteroatoms. The second-order valence-corrected chi connectivity index (χ2v) is 1.71. The number of carbonyl (C=O) groups is 1. The molecule has 0 aliphatic heterocycles. The van der Waals surface area contributed by atoms with Gasteiger partial charge in [0.15, 0.2) is 0 Å². The molecular weight excluding hydrogens is 130 g/mol. The molecule has 52 valence electrons. The summed E-state index contributed by atoms with van der Waals surface area (Å²) >= 11 is 0. The standard InChI is InChI=1S/C6H7N3O/c1-7-6(10)5-2-3-8-9-4-5/h2-4H,1H3,(H,7,10). The van der Waals surface area contributed by atoms with Gasteiger partial charge in [0.05, 0.1) is 18.0 Å². The molecule has 1 amide bonds. The van der Waals surface area contributed by atoms with Gasteiger partial charge in [-0.3, -0.25) is 4.79 Å². The summed E-state index contributed by atoms with van der Waals surface area (Å²) in [6.07, 6.45) is 2.89. The number of hydrogen-bond acceptors (Lipinski definition) is 3. The number of nitrogens with one attached hydrogen (secondary N) is 1. The van der Waals surface area contributed by atoms with Crippen LogP contribution in [-0.2, 0) is 0 Å². The lowest BCUT2D eigenvalue weighted by atomic mass is 10.3. The average molecular weight is 137 g/mol. The topological polar surface area (TPSA) is 54.9 Å². The second-order valence-electron chi connectivity index (χ2n) is 1.71.